The molecule has 0 aromatic heterocycles. The molecule has 0 radical (unpaired) electrons. The average molecular weight is 455 g/mol. The van der Waals surface area contributed by atoms with Gasteiger partial charge in [0.2, 0.25) is 0 Å². The summed E-state index contributed by atoms with van der Waals surface area (Å²) in [5, 5.41) is 0. The van der Waals surface area contributed by atoms with Crippen molar-refractivity contribution in [3.63, 3.8) is 0 Å². The van der Waals surface area contributed by atoms with E-state index in [-0.39, 0.29) is 26.2 Å². The van der Waals surface area contributed by atoms with Crippen molar-refractivity contribution >= 4 is 26.2 Å². The van der Waals surface area contributed by atoms with E-state index in [1.165, 1.54) is 0 Å². The van der Waals surface area contributed by atoms with Gasteiger partial charge in [-0.3, -0.25) is 0 Å². The molecule has 0 fully saturated rings. The van der Waals surface area contributed by atoms with E-state index in [1.54, 1.807) is 0 Å². The summed E-state index contributed by atoms with van der Waals surface area (Å²) in [6.07, 6.45) is 0. The zero-order chi connectivity index (χ0) is 5.21. The van der Waals surface area contributed by atoms with Crippen LogP contribution in [0.3, 0.4) is 0 Å². The van der Waals surface area contributed by atoms with Gasteiger partial charge in [0.1, 0.15) is 0 Å². The van der Waals surface area contributed by atoms with E-state index < -0.39 is 15.8 Å². The van der Waals surface area contributed by atoms with Gasteiger partial charge in [0.15, 0.2) is 0 Å². The Balaban J connectivity index is 4.30. The average Bonchev–Trinajstić information content (AvgIpc) is 1.35. The van der Waals surface area contributed by atoms with E-state index >= 15 is 0 Å². The summed E-state index contributed by atoms with van der Waals surface area (Å²) in [5.74, 6) is 0. The molecule has 0 atom stereocenters. The second-order valence-electron chi connectivity index (χ2n) is 0.467. The van der Waals surface area contributed by atoms with Crippen molar-refractivity contribution in [1.29, 1.82) is 0 Å². The zero-order valence-electron chi connectivity index (χ0n) is 2.59. The van der Waals surface area contributed by atoms with Gasteiger partial charge in [-0.1, -0.05) is 0 Å². The van der Waals surface area contributed by atoms with Crippen molar-refractivity contribution in [2.45, 2.75) is 0 Å². The van der Waals surface area contributed by atoms with Crippen molar-refractivity contribution in [1.82, 2.24) is 0 Å². The fourth-order valence-electron chi connectivity index (χ4n) is 0. The first-order valence-electron chi connectivity index (χ1n) is 0.853. The Labute approximate surface area is 53.6 Å². The molecule has 0 bridgehead atoms. The van der Waals surface area contributed by atoms with Crippen LogP contribution in [0.25, 0.3) is 0 Å². The molecule has 34 valence electrons. The normalized spacial score (nSPS) is 11.2. The first-order chi connectivity index (χ1) is 2.56. The van der Waals surface area contributed by atoms with Gasteiger partial charge in [-0.2, -0.15) is 0 Å². The molecule has 0 rings (SSSR count). The second kappa shape index (κ2) is 2.30. The summed E-state index contributed by atoms with van der Waals surface area (Å²) >= 11 is -5.51. The molecular formula is O4ReTl. The van der Waals surface area contributed by atoms with Crippen molar-refractivity contribution < 1.29 is 27.6 Å². The SMILES string of the molecule is [O]=[Re](=[O])(=[O])[O][Tl]. The van der Waals surface area contributed by atoms with Crippen LogP contribution in [0.1, 0.15) is 0 Å². The van der Waals surface area contributed by atoms with E-state index in [0.717, 1.165) is 0 Å². The molecule has 0 aromatic rings. The number of rotatable bonds is 1. The third-order valence-electron chi connectivity index (χ3n) is 0.109. The fourth-order valence-corrected chi connectivity index (χ4v) is 0. The molecular weight excluding hydrogens is 455 g/mol. The minimum atomic E-state index is -5.33. The van der Waals surface area contributed by atoms with Gasteiger partial charge in [0.05, 0.1) is 0 Å². The molecule has 0 saturated heterocycles. The second-order valence-corrected chi connectivity index (χ2v) is 9.49. The van der Waals surface area contributed by atoms with Gasteiger partial charge in [0, 0.05) is 0 Å². The predicted octanol–water partition coefficient (Wildman–Crippen LogP) is -0.808. The molecule has 6 heavy (non-hydrogen) atoms. The molecule has 0 spiro atoms. The van der Waals surface area contributed by atoms with E-state index in [2.05, 4.69) is 1.41 Å². The maximum atomic E-state index is 9.38. The van der Waals surface area contributed by atoms with Crippen molar-refractivity contribution in [3.05, 3.63) is 0 Å². The van der Waals surface area contributed by atoms with Gasteiger partial charge in [-0.15, -0.1) is 0 Å². The van der Waals surface area contributed by atoms with Gasteiger partial charge >= 0.3 is 53.8 Å². The number of hydrogen-bond acceptors (Lipinski definition) is 4. The first kappa shape index (κ1) is 6.94. The van der Waals surface area contributed by atoms with Crippen LogP contribution in [0.15, 0.2) is 0 Å². The van der Waals surface area contributed by atoms with E-state index in [1.807, 2.05) is 0 Å². The fraction of sp³-hybridized carbons (Fsp3) is 0. The van der Waals surface area contributed by atoms with Crippen LogP contribution in [-0.4, -0.2) is 26.2 Å². The third kappa shape index (κ3) is 4.94. The van der Waals surface area contributed by atoms with Crippen molar-refractivity contribution in [2.24, 2.45) is 0 Å². The van der Waals surface area contributed by atoms with Gasteiger partial charge in [0.25, 0.3) is 0 Å². The predicted molar refractivity (Wildman–Crippen MR) is 8.90 cm³/mol. The molecule has 0 amide bonds. The van der Waals surface area contributed by atoms with Crippen molar-refractivity contribution in [3.8, 4) is 0 Å². The molecule has 0 aliphatic carbocycles. The molecule has 0 aliphatic rings. The number of hydrogen-bond donors (Lipinski definition) is 0. The topological polar surface area (TPSA) is 60.4 Å². The summed E-state index contributed by atoms with van der Waals surface area (Å²) in [6.45, 7) is 0. The van der Waals surface area contributed by atoms with Crippen LogP contribution < -0.4 is 0 Å². The summed E-state index contributed by atoms with van der Waals surface area (Å²) in [4.78, 5) is 0. The van der Waals surface area contributed by atoms with E-state index in [0.29, 0.717) is 0 Å². The van der Waals surface area contributed by atoms with Gasteiger partial charge in [-0.05, 0) is 0 Å². The molecule has 0 N–H and O–H groups in total. The summed E-state index contributed by atoms with van der Waals surface area (Å²) in [5.41, 5.74) is 0. The van der Waals surface area contributed by atoms with Crippen LogP contribution in [-0.2, 0) is 27.6 Å². The third-order valence-corrected chi connectivity index (χ3v) is 7.84. The molecule has 0 saturated carbocycles. The molecule has 0 aliphatic heterocycles. The summed E-state index contributed by atoms with van der Waals surface area (Å²) in [6, 6.07) is 0. The minimum absolute atomic E-state index is 0.172. The Morgan fingerprint density at radius 3 is 1.50 bits per heavy atom. The van der Waals surface area contributed by atoms with Crippen LogP contribution in [0.4, 0.5) is 0 Å². The zero-order valence-corrected chi connectivity index (χ0v) is 9.79. The Morgan fingerprint density at radius 1 is 1.33 bits per heavy atom. The molecule has 6 heteroatoms. The monoisotopic (exact) mass is 456 g/mol. The summed E-state index contributed by atoms with van der Waals surface area (Å²) in [7, 11) is 0. The van der Waals surface area contributed by atoms with E-state index in [4.69, 9.17) is 0 Å². The van der Waals surface area contributed by atoms with Crippen LogP contribution in [0.2, 0.25) is 0 Å². The van der Waals surface area contributed by atoms with E-state index in [9.17, 15) is 10.4 Å². The Bertz CT molecular complexity index is 140. The Kier molecular flexibility index (Phi) is 2.67. The summed E-state index contributed by atoms with van der Waals surface area (Å²) < 4.78 is 31.8. The Hall–Kier alpha value is 0.944. The van der Waals surface area contributed by atoms with Crippen LogP contribution in [0, 0.1) is 0 Å². The van der Waals surface area contributed by atoms with Gasteiger partial charge < -0.3 is 0 Å². The van der Waals surface area contributed by atoms with Crippen LogP contribution >= 0.6 is 0 Å². The molecule has 4 nitrogen and oxygen atoms in total. The molecule has 0 aromatic carbocycles. The van der Waals surface area contributed by atoms with Crippen LogP contribution in [0.5, 0.6) is 0 Å². The quantitative estimate of drug-likeness (QED) is 0.487. The maximum absolute atomic E-state index is 9.38. The van der Waals surface area contributed by atoms with Gasteiger partial charge in [-0.25, -0.2) is 0 Å². The standard InChI is InChI=1S/4O.Re.Tl. The van der Waals surface area contributed by atoms with Crippen molar-refractivity contribution in [2.75, 3.05) is 0 Å². The first-order valence-corrected chi connectivity index (χ1v) is 7.12. The molecule has 0 unspecified atom stereocenters. The Morgan fingerprint density at radius 2 is 1.50 bits per heavy atom. The molecule has 0 heterocycles.